The lowest BCUT2D eigenvalue weighted by Crippen LogP contribution is -2.19. The Labute approximate surface area is 127 Å². The van der Waals surface area contributed by atoms with Crippen molar-refractivity contribution in [1.29, 1.82) is 5.41 Å². The third-order valence-electron chi connectivity index (χ3n) is 3.71. The molecular formula is C16H16N5O. The zero-order valence-electron chi connectivity index (χ0n) is 12.0. The normalized spacial score (nSPS) is 12.3. The van der Waals surface area contributed by atoms with E-state index in [1.165, 1.54) is 0 Å². The van der Waals surface area contributed by atoms with Crippen molar-refractivity contribution in [3.05, 3.63) is 65.5 Å². The number of hydroxylamine groups is 1. The lowest BCUT2D eigenvalue weighted by molar-refractivity contribution is 0.234. The molecule has 0 aliphatic carbocycles. The van der Waals surface area contributed by atoms with Gasteiger partial charge in [0.15, 0.2) is 0 Å². The fourth-order valence-corrected chi connectivity index (χ4v) is 2.46. The Kier molecular flexibility index (Phi) is 3.62. The SMILES string of the molecule is Cn1c(C(N)c2ccc(C(=N)NO)cc2)nc2c[c]ccc21. The molecular weight excluding hydrogens is 278 g/mol. The molecule has 1 aromatic heterocycles. The number of fused-ring (bicyclic) bond motifs is 1. The predicted molar refractivity (Wildman–Crippen MR) is 83.8 cm³/mol. The lowest BCUT2D eigenvalue weighted by atomic mass is 10.0. The maximum Gasteiger partial charge on any atom is 0.149 e. The van der Waals surface area contributed by atoms with Crippen LogP contribution >= 0.6 is 0 Å². The van der Waals surface area contributed by atoms with E-state index in [0.717, 1.165) is 22.4 Å². The highest BCUT2D eigenvalue weighted by molar-refractivity contribution is 5.95. The first-order chi connectivity index (χ1) is 10.6. The van der Waals surface area contributed by atoms with E-state index in [9.17, 15) is 0 Å². The van der Waals surface area contributed by atoms with Crippen LogP contribution in [-0.2, 0) is 7.05 Å². The summed E-state index contributed by atoms with van der Waals surface area (Å²) in [5.41, 5.74) is 11.5. The van der Waals surface area contributed by atoms with E-state index in [1.54, 1.807) is 12.1 Å². The first-order valence-electron chi connectivity index (χ1n) is 6.79. The van der Waals surface area contributed by atoms with Crippen LogP contribution in [0.25, 0.3) is 11.0 Å². The van der Waals surface area contributed by atoms with Crippen LogP contribution in [0.1, 0.15) is 23.0 Å². The first-order valence-corrected chi connectivity index (χ1v) is 6.79. The summed E-state index contributed by atoms with van der Waals surface area (Å²) in [6.07, 6.45) is 0. The molecule has 1 unspecified atom stereocenters. The smallest absolute Gasteiger partial charge is 0.149 e. The highest BCUT2D eigenvalue weighted by atomic mass is 16.5. The van der Waals surface area contributed by atoms with Crippen molar-refractivity contribution in [3.8, 4) is 0 Å². The van der Waals surface area contributed by atoms with Gasteiger partial charge in [0.2, 0.25) is 0 Å². The monoisotopic (exact) mass is 294 g/mol. The molecule has 0 spiro atoms. The molecule has 0 aliphatic heterocycles. The molecule has 0 bridgehead atoms. The summed E-state index contributed by atoms with van der Waals surface area (Å²) in [5.74, 6) is 0.705. The summed E-state index contributed by atoms with van der Waals surface area (Å²) in [6, 6.07) is 15.4. The zero-order chi connectivity index (χ0) is 15.7. The second-order valence-electron chi connectivity index (χ2n) is 5.03. The molecule has 0 saturated carbocycles. The molecule has 1 heterocycles. The summed E-state index contributed by atoms with van der Waals surface area (Å²) in [5, 5.41) is 16.3. The van der Waals surface area contributed by atoms with Gasteiger partial charge in [-0.15, -0.1) is 0 Å². The van der Waals surface area contributed by atoms with Crippen molar-refractivity contribution in [2.24, 2.45) is 12.8 Å². The van der Waals surface area contributed by atoms with Gasteiger partial charge in [-0.05, 0) is 23.8 Å². The minimum absolute atomic E-state index is 0.0570. The van der Waals surface area contributed by atoms with Gasteiger partial charge in [-0.2, -0.15) is 0 Å². The number of aryl methyl sites for hydroxylation is 1. The van der Waals surface area contributed by atoms with E-state index in [4.69, 9.17) is 16.4 Å². The number of hydrogen-bond acceptors (Lipinski definition) is 4. The second kappa shape index (κ2) is 5.59. The Hall–Kier alpha value is -2.70. The minimum Gasteiger partial charge on any atom is -0.330 e. The summed E-state index contributed by atoms with van der Waals surface area (Å²) in [6.45, 7) is 0. The number of amidine groups is 1. The van der Waals surface area contributed by atoms with E-state index in [-0.39, 0.29) is 11.9 Å². The van der Waals surface area contributed by atoms with Crippen molar-refractivity contribution in [2.75, 3.05) is 0 Å². The predicted octanol–water partition coefficient (Wildman–Crippen LogP) is 1.73. The summed E-state index contributed by atoms with van der Waals surface area (Å²) >= 11 is 0. The van der Waals surface area contributed by atoms with Gasteiger partial charge in [-0.3, -0.25) is 16.1 Å². The maximum atomic E-state index is 8.75. The van der Waals surface area contributed by atoms with Crippen LogP contribution < -0.4 is 11.2 Å². The van der Waals surface area contributed by atoms with Gasteiger partial charge in [0.05, 0.1) is 17.1 Å². The van der Waals surface area contributed by atoms with Gasteiger partial charge in [0, 0.05) is 12.6 Å². The molecule has 0 fully saturated rings. The molecule has 6 nitrogen and oxygen atoms in total. The van der Waals surface area contributed by atoms with E-state index in [0.29, 0.717) is 5.56 Å². The molecule has 0 aliphatic rings. The van der Waals surface area contributed by atoms with Crippen molar-refractivity contribution >= 4 is 16.9 Å². The van der Waals surface area contributed by atoms with E-state index < -0.39 is 0 Å². The number of benzene rings is 2. The molecule has 22 heavy (non-hydrogen) atoms. The average Bonchev–Trinajstić information content (AvgIpc) is 2.91. The molecule has 1 atom stereocenters. The van der Waals surface area contributed by atoms with E-state index in [2.05, 4.69) is 11.1 Å². The van der Waals surface area contributed by atoms with Gasteiger partial charge < -0.3 is 10.3 Å². The van der Waals surface area contributed by atoms with Crippen LogP contribution in [0.3, 0.4) is 0 Å². The topological polar surface area (TPSA) is 100.0 Å². The number of nitrogens with two attached hydrogens (primary N) is 1. The highest BCUT2D eigenvalue weighted by Crippen LogP contribution is 2.23. The van der Waals surface area contributed by atoms with E-state index in [1.807, 2.05) is 47.4 Å². The summed E-state index contributed by atoms with van der Waals surface area (Å²) in [7, 11) is 1.93. The molecule has 1 radical (unpaired) electrons. The standard InChI is InChI=1S/C16H16N5O/c1-21-13-5-3-2-4-12(13)19-16(21)14(17)10-6-8-11(9-7-10)15(18)20-22/h3-9,14,22H,17H2,1H3,(H2,18,20). The zero-order valence-corrected chi connectivity index (χ0v) is 12.0. The second-order valence-corrected chi connectivity index (χ2v) is 5.03. The third kappa shape index (κ3) is 2.34. The Bertz CT molecular complexity index is 822. The number of hydrogen-bond donors (Lipinski definition) is 4. The summed E-state index contributed by atoms with van der Waals surface area (Å²) < 4.78 is 1.97. The van der Waals surface area contributed by atoms with Gasteiger partial charge in [0.1, 0.15) is 11.7 Å². The number of imidazole rings is 1. The molecule has 2 aromatic carbocycles. The fourth-order valence-electron chi connectivity index (χ4n) is 2.46. The van der Waals surface area contributed by atoms with Crippen molar-refractivity contribution in [2.45, 2.75) is 6.04 Å². The van der Waals surface area contributed by atoms with Gasteiger partial charge >= 0.3 is 0 Å². The van der Waals surface area contributed by atoms with Crippen LogP contribution in [0.5, 0.6) is 0 Å². The fraction of sp³-hybridized carbons (Fsp3) is 0.125. The number of nitrogens with zero attached hydrogens (tertiary/aromatic N) is 2. The molecule has 0 saturated heterocycles. The Morgan fingerprint density at radius 1 is 1.36 bits per heavy atom. The van der Waals surface area contributed by atoms with Crippen molar-refractivity contribution in [1.82, 2.24) is 15.0 Å². The number of nitrogens with one attached hydrogen (secondary N) is 2. The molecule has 111 valence electrons. The number of rotatable bonds is 3. The largest absolute Gasteiger partial charge is 0.330 e. The van der Waals surface area contributed by atoms with Crippen LogP contribution in [0.4, 0.5) is 0 Å². The first kappa shape index (κ1) is 14.2. The maximum absolute atomic E-state index is 8.75. The Morgan fingerprint density at radius 3 is 2.73 bits per heavy atom. The van der Waals surface area contributed by atoms with Gasteiger partial charge in [-0.1, -0.05) is 30.3 Å². The molecule has 6 heteroatoms. The Morgan fingerprint density at radius 2 is 2.09 bits per heavy atom. The van der Waals surface area contributed by atoms with Crippen LogP contribution in [0.2, 0.25) is 0 Å². The lowest BCUT2D eigenvalue weighted by Gasteiger charge is -2.13. The summed E-state index contributed by atoms with van der Waals surface area (Å²) in [4.78, 5) is 4.57. The quantitative estimate of drug-likeness (QED) is 0.336. The third-order valence-corrected chi connectivity index (χ3v) is 3.71. The minimum atomic E-state index is -0.372. The van der Waals surface area contributed by atoms with Crippen LogP contribution in [0.15, 0.2) is 42.5 Å². The Balaban J connectivity index is 1.97. The average molecular weight is 294 g/mol. The molecule has 3 aromatic rings. The number of aromatic nitrogens is 2. The van der Waals surface area contributed by atoms with Gasteiger partial charge in [0.25, 0.3) is 0 Å². The molecule has 5 N–H and O–H groups in total. The van der Waals surface area contributed by atoms with Crippen LogP contribution in [0, 0.1) is 11.5 Å². The highest BCUT2D eigenvalue weighted by Gasteiger charge is 2.16. The van der Waals surface area contributed by atoms with Crippen molar-refractivity contribution in [3.63, 3.8) is 0 Å². The van der Waals surface area contributed by atoms with E-state index >= 15 is 0 Å². The van der Waals surface area contributed by atoms with Gasteiger partial charge in [-0.25, -0.2) is 4.98 Å². The molecule has 3 rings (SSSR count). The van der Waals surface area contributed by atoms with Crippen LogP contribution in [-0.4, -0.2) is 20.6 Å². The van der Waals surface area contributed by atoms with Crippen molar-refractivity contribution < 1.29 is 5.21 Å². The molecule has 0 amide bonds.